The van der Waals surface area contributed by atoms with Crippen molar-refractivity contribution in [2.75, 3.05) is 18.6 Å². The van der Waals surface area contributed by atoms with Gasteiger partial charge in [-0.3, -0.25) is 19.8 Å². The van der Waals surface area contributed by atoms with Crippen molar-refractivity contribution in [2.24, 2.45) is 0 Å². The minimum atomic E-state index is -0.726. The summed E-state index contributed by atoms with van der Waals surface area (Å²) in [6.45, 7) is 4.37. The highest BCUT2D eigenvalue weighted by Crippen LogP contribution is 2.43. The van der Waals surface area contributed by atoms with E-state index < -0.39 is 17.1 Å². The van der Waals surface area contributed by atoms with Crippen LogP contribution < -0.4 is 24.4 Å². The Morgan fingerprint density at radius 3 is 2.35 bits per heavy atom. The molecule has 0 saturated heterocycles. The molecule has 0 aliphatic carbocycles. The van der Waals surface area contributed by atoms with Crippen LogP contribution in [0.3, 0.4) is 0 Å². The molecule has 0 fully saturated rings. The number of hydrogen-bond acceptors (Lipinski definition) is 7. The molecule has 2 amide bonds. The highest BCUT2D eigenvalue weighted by Gasteiger charge is 2.30. The van der Waals surface area contributed by atoms with Gasteiger partial charge in [-0.15, -0.1) is 0 Å². The van der Waals surface area contributed by atoms with Crippen LogP contribution in [0.1, 0.15) is 25.0 Å². The van der Waals surface area contributed by atoms with Crippen LogP contribution in [0.15, 0.2) is 91.0 Å². The van der Waals surface area contributed by atoms with Gasteiger partial charge in [-0.25, -0.2) is 4.79 Å². The number of benzene rings is 4. The van der Waals surface area contributed by atoms with Gasteiger partial charge in [-0.1, -0.05) is 68.4 Å². The van der Waals surface area contributed by atoms with E-state index >= 15 is 0 Å². The number of methoxy groups -OCH3 is 1. The van der Waals surface area contributed by atoms with Crippen LogP contribution in [0.25, 0.3) is 11.1 Å². The molecule has 0 bridgehead atoms. The van der Waals surface area contributed by atoms with E-state index in [-0.39, 0.29) is 24.6 Å². The fourth-order valence-corrected chi connectivity index (χ4v) is 4.78. The first-order valence-electron chi connectivity index (χ1n) is 13.9. The normalized spacial score (nSPS) is 13.5. The highest BCUT2D eigenvalue weighted by atomic mass is 16.6. The first-order valence-corrected chi connectivity index (χ1v) is 13.9. The van der Waals surface area contributed by atoms with Crippen molar-refractivity contribution < 1.29 is 28.7 Å². The summed E-state index contributed by atoms with van der Waals surface area (Å²) in [6.07, 6.45) is 0.346. The van der Waals surface area contributed by atoms with Gasteiger partial charge in [0.25, 0.3) is 5.69 Å². The molecule has 1 aliphatic rings. The van der Waals surface area contributed by atoms with Crippen molar-refractivity contribution >= 4 is 23.9 Å². The fraction of sp³-hybridized carbons (Fsp3) is 0.212. The van der Waals surface area contributed by atoms with Gasteiger partial charge in [-0.05, 0) is 41.3 Å². The molecule has 222 valence electrons. The van der Waals surface area contributed by atoms with Crippen LogP contribution in [0.4, 0.5) is 16.2 Å². The summed E-state index contributed by atoms with van der Waals surface area (Å²) in [5.41, 5.74) is 3.88. The molecule has 4 aromatic rings. The molecule has 5 rings (SSSR count). The standard InChI is InChI=1S/C31H27N3O7.C2H6/c1-39-29-16-27-26-10-6-5-9-22(26)15-23(32-20-35)18-33(31(36)41-25-13-11-24(12-14-25)34(37)38)28(27)17-30(29)40-19-21-7-3-2-4-8-21;1-2/h2-14,16-17,20,23H,15,18-19H2,1H3,(H,32,35);1-2H3. The lowest BCUT2D eigenvalue weighted by molar-refractivity contribution is -0.384. The maximum atomic E-state index is 13.7. The number of carbonyl (C=O) groups is 2. The monoisotopic (exact) mass is 583 g/mol. The molecule has 0 radical (unpaired) electrons. The first kappa shape index (κ1) is 30.6. The zero-order valence-electron chi connectivity index (χ0n) is 24.2. The number of non-ortho nitro benzene ring substituents is 1. The van der Waals surface area contributed by atoms with E-state index in [0.29, 0.717) is 30.0 Å². The Bertz CT molecular complexity index is 1560. The van der Waals surface area contributed by atoms with Gasteiger partial charge in [0.15, 0.2) is 11.5 Å². The number of rotatable bonds is 8. The quantitative estimate of drug-likeness (QED) is 0.142. The molecular weight excluding hydrogens is 550 g/mol. The van der Waals surface area contributed by atoms with Crippen LogP contribution in [0.2, 0.25) is 0 Å². The van der Waals surface area contributed by atoms with Gasteiger partial charge in [-0.2, -0.15) is 0 Å². The van der Waals surface area contributed by atoms with Gasteiger partial charge in [0.1, 0.15) is 12.4 Å². The average molecular weight is 584 g/mol. The minimum Gasteiger partial charge on any atom is -0.493 e. The first-order chi connectivity index (χ1) is 21.0. The van der Waals surface area contributed by atoms with E-state index in [0.717, 1.165) is 22.3 Å². The molecule has 1 aliphatic heterocycles. The summed E-state index contributed by atoms with van der Waals surface area (Å²) >= 11 is 0. The lowest BCUT2D eigenvalue weighted by Gasteiger charge is -2.32. The number of fused-ring (bicyclic) bond motifs is 3. The van der Waals surface area contributed by atoms with E-state index in [1.165, 1.54) is 29.2 Å². The number of hydrogen-bond donors (Lipinski definition) is 1. The number of nitro benzene ring substituents is 1. The number of carbonyl (C=O) groups excluding carboxylic acids is 2. The van der Waals surface area contributed by atoms with Gasteiger partial charge in [0, 0.05) is 30.3 Å². The SMILES string of the molecule is CC.COc1cc2c(cc1OCc1ccccc1)N(C(=O)Oc1ccc([N+](=O)[O-])cc1)CC(NC=O)Cc1ccccc1-2. The third kappa shape index (κ3) is 7.28. The van der Waals surface area contributed by atoms with Crippen LogP contribution in [-0.4, -0.2) is 37.1 Å². The second kappa shape index (κ2) is 14.5. The van der Waals surface area contributed by atoms with Crippen LogP contribution >= 0.6 is 0 Å². The van der Waals surface area contributed by atoms with Crippen LogP contribution in [-0.2, 0) is 17.8 Å². The van der Waals surface area contributed by atoms with Crippen LogP contribution in [0.5, 0.6) is 17.2 Å². The second-order valence-corrected chi connectivity index (χ2v) is 9.37. The maximum Gasteiger partial charge on any atom is 0.419 e. The van der Waals surface area contributed by atoms with Crippen molar-refractivity contribution in [3.63, 3.8) is 0 Å². The van der Waals surface area contributed by atoms with E-state index in [9.17, 15) is 19.7 Å². The van der Waals surface area contributed by atoms with E-state index in [1.54, 1.807) is 13.2 Å². The number of nitro groups is 1. The third-order valence-electron chi connectivity index (χ3n) is 6.76. The van der Waals surface area contributed by atoms with Gasteiger partial charge >= 0.3 is 6.09 Å². The van der Waals surface area contributed by atoms with E-state index in [4.69, 9.17) is 14.2 Å². The summed E-state index contributed by atoms with van der Waals surface area (Å²) < 4.78 is 17.5. The predicted molar refractivity (Wildman–Crippen MR) is 164 cm³/mol. The number of nitrogens with zero attached hydrogens (tertiary/aromatic N) is 2. The Morgan fingerprint density at radius 2 is 1.67 bits per heavy atom. The molecule has 10 nitrogen and oxygen atoms in total. The lowest BCUT2D eigenvalue weighted by atomic mass is 9.91. The number of amides is 2. The Kier molecular flexibility index (Phi) is 10.3. The van der Waals surface area contributed by atoms with Crippen molar-refractivity contribution in [1.82, 2.24) is 5.32 Å². The summed E-state index contributed by atoms with van der Waals surface area (Å²) in [5.74, 6) is 1.04. The molecule has 0 spiro atoms. The minimum absolute atomic E-state index is 0.0936. The van der Waals surface area contributed by atoms with Gasteiger partial charge in [0.2, 0.25) is 6.41 Å². The predicted octanol–water partition coefficient (Wildman–Crippen LogP) is 6.55. The molecule has 1 unspecified atom stereocenters. The lowest BCUT2D eigenvalue weighted by Crippen LogP contribution is -2.46. The second-order valence-electron chi connectivity index (χ2n) is 9.37. The molecule has 0 aromatic heterocycles. The largest absolute Gasteiger partial charge is 0.493 e. The third-order valence-corrected chi connectivity index (χ3v) is 6.76. The van der Waals surface area contributed by atoms with Crippen molar-refractivity contribution in [2.45, 2.75) is 32.9 Å². The summed E-state index contributed by atoms with van der Waals surface area (Å²) in [7, 11) is 1.55. The fourth-order valence-electron chi connectivity index (χ4n) is 4.78. The van der Waals surface area contributed by atoms with Crippen molar-refractivity contribution in [3.05, 3.63) is 112 Å². The Morgan fingerprint density at radius 1 is 0.977 bits per heavy atom. The summed E-state index contributed by atoms with van der Waals surface area (Å²) in [5, 5.41) is 13.9. The molecule has 4 aromatic carbocycles. The zero-order valence-corrected chi connectivity index (χ0v) is 24.2. The number of ether oxygens (including phenoxy) is 3. The Hall–Kier alpha value is -5.38. The molecule has 1 N–H and O–H groups in total. The Labute approximate surface area is 250 Å². The molecule has 10 heteroatoms. The molecule has 0 saturated carbocycles. The molecule has 43 heavy (non-hydrogen) atoms. The molecule has 1 atom stereocenters. The van der Waals surface area contributed by atoms with Gasteiger partial charge in [0.05, 0.1) is 23.8 Å². The van der Waals surface area contributed by atoms with E-state index in [2.05, 4.69) is 5.32 Å². The molecule has 1 heterocycles. The maximum absolute atomic E-state index is 13.7. The van der Waals surface area contributed by atoms with Gasteiger partial charge < -0.3 is 19.5 Å². The Balaban J connectivity index is 0.00000207. The average Bonchev–Trinajstić information content (AvgIpc) is 3.03. The number of anilines is 1. The van der Waals surface area contributed by atoms with Crippen molar-refractivity contribution in [3.8, 4) is 28.4 Å². The number of nitrogens with one attached hydrogen (secondary N) is 1. The highest BCUT2D eigenvalue weighted by molar-refractivity contribution is 5.97. The summed E-state index contributed by atoms with van der Waals surface area (Å²) in [6, 6.07) is 25.8. The smallest absolute Gasteiger partial charge is 0.419 e. The zero-order chi connectivity index (χ0) is 30.8. The van der Waals surface area contributed by atoms with E-state index in [1.807, 2.05) is 74.5 Å². The molecular formula is C33H33N3O7. The topological polar surface area (TPSA) is 120 Å². The van der Waals surface area contributed by atoms with Crippen molar-refractivity contribution in [1.29, 1.82) is 0 Å². The summed E-state index contributed by atoms with van der Waals surface area (Å²) in [4.78, 5) is 37.2. The van der Waals surface area contributed by atoms with Crippen LogP contribution in [0, 0.1) is 10.1 Å².